The van der Waals surface area contributed by atoms with E-state index >= 15 is 0 Å². The highest BCUT2D eigenvalue weighted by molar-refractivity contribution is 8.00. The van der Waals surface area contributed by atoms with Gasteiger partial charge in [-0.15, -0.1) is 6.58 Å². The van der Waals surface area contributed by atoms with E-state index in [4.69, 9.17) is 0 Å². The first-order valence-corrected chi connectivity index (χ1v) is 9.97. The number of thioether (sulfide) groups is 1. The van der Waals surface area contributed by atoms with Crippen molar-refractivity contribution in [2.24, 2.45) is 0 Å². The van der Waals surface area contributed by atoms with Gasteiger partial charge in [-0.1, -0.05) is 30.0 Å². The molecule has 0 aliphatic heterocycles. The summed E-state index contributed by atoms with van der Waals surface area (Å²) in [5.41, 5.74) is 1.60. The van der Waals surface area contributed by atoms with Gasteiger partial charge in [0.1, 0.15) is 0 Å². The third-order valence-corrected chi connectivity index (χ3v) is 5.37. The highest BCUT2D eigenvalue weighted by Crippen LogP contribution is 2.25. The number of nitrogens with one attached hydrogen (secondary N) is 1. The van der Waals surface area contributed by atoms with E-state index in [0.29, 0.717) is 33.9 Å². The van der Waals surface area contributed by atoms with E-state index in [9.17, 15) is 14.4 Å². The fourth-order valence-corrected chi connectivity index (χ4v) is 3.89. The van der Waals surface area contributed by atoms with Crippen molar-refractivity contribution in [3.8, 4) is 0 Å². The summed E-state index contributed by atoms with van der Waals surface area (Å²) >= 11 is 1.24. The number of Topliss-reactive ketones (excluding diaryl/α,β-unsaturated/α-hetero) is 1. The molecule has 3 rings (SSSR count). The van der Waals surface area contributed by atoms with Gasteiger partial charge in [0.2, 0.25) is 5.91 Å². The molecule has 0 spiro atoms. The number of rotatable bonds is 7. The first-order chi connectivity index (χ1) is 13.9. The second kappa shape index (κ2) is 8.87. The lowest BCUT2D eigenvalue weighted by Gasteiger charge is -2.15. The summed E-state index contributed by atoms with van der Waals surface area (Å²) in [5, 5.41) is 3.23. The van der Waals surface area contributed by atoms with Crippen LogP contribution < -0.4 is 10.9 Å². The Kier molecular flexibility index (Phi) is 6.29. The Hall–Kier alpha value is -3.19. The van der Waals surface area contributed by atoms with Gasteiger partial charge in [-0.3, -0.25) is 19.0 Å². The molecule has 0 saturated heterocycles. The summed E-state index contributed by atoms with van der Waals surface area (Å²) in [7, 11) is 0. The smallest absolute Gasteiger partial charge is 0.262 e. The molecule has 29 heavy (non-hydrogen) atoms. The van der Waals surface area contributed by atoms with Crippen LogP contribution in [-0.4, -0.2) is 26.5 Å². The molecular formula is C22H21N3O3S. The second-order valence-electron chi connectivity index (χ2n) is 6.50. The average Bonchev–Trinajstić information content (AvgIpc) is 2.70. The lowest BCUT2D eigenvalue weighted by molar-refractivity contribution is -0.114. The molecule has 7 heteroatoms. The molecule has 0 aliphatic carbocycles. The van der Waals surface area contributed by atoms with Crippen molar-refractivity contribution >= 4 is 40.0 Å². The predicted octanol–water partition coefficient (Wildman–Crippen LogP) is 3.90. The number of aromatic nitrogens is 2. The SMILES string of the molecule is C=CCn1c(SC(C)C(=O)c2ccc(NC(C)=O)cc2)nc2ccccc2c1=O. The summed E-state index contributed by atoms with van der Waals surface area (Å²) < 4.78 is 1.53. The fourth-order valence-electron chi connectivity index (χ4n) is 2.90. The standard InChI is InChI=1S/C22H21N3O3S/c1-4-13-25-21(28)18-7-5-6-8-19(18)24-22(25)29-14(2)20(27)16-9-11-17(12-10-16)23-15(3)26/h4-12,14H,1,13H2,2-3H3,(H,23,26). The molecule has 1 aromatic heterocycles. The maximum Gasteiger partial charge on any atom is 0.262 e. The number of anilines is 1. The van der Waals surface area contributed by atoms with Crippen LogP contribution in [0.15, 0.2) is 71.1 Å². The number of benzene rings is 2. The van der Waals surface area contributed by atoms with E-state index in [1.165, 1.54) is 23.3 Å². The molecule has 1 N–H and O–H groups in total. The molecule has 1 atom stereocenters. The van der Waals surface area contributed by atoms with Crippen molar-refractivity contribution in [1.29, 1.82) is 0 Å². The number of para-hydroxylation sites is 1. The molecule has 0 saturated carbocycles. The molecule has 1 amide bonds. The largest absolute Gasteiger partial charge is 0.326 e. The minimum atomic E-state index is -0.453. The number of hydrogen-bond donors (Lipinski definition) is 1. The number of ketones is 1. The van der Waals surface area contributed by atoms with Crippen molar-refractivity contribution < 1.29 is 9.59 Å². The Morgan fingerprint density at radius 1 is 1.21 bits per heavy atom. The number of hydrogen-bond acceptors (Lipinski definition) is 5. The highest BCUT2D eigenvalue weighted by Gasteiger charge is 2.20. The van der Waals surface area contributed by atoms with Crippen LogP contribution in [0.4, 0.5) is 5.69 Å². The van der Waals surface area contributed by atoms with Crippen molar-refractivity contribution in [1.82, 2.24) is 9.55 Å². The Labute approximate surface area is 172 Å². The van der Waals surface area contributed by atoms with E-state index in [1.54, 1.807) is 55.5 Å². The predicted molar refractivity (Wildman–Crippen MR) is 117 cm³/mol. The summed E-state index contributed by atoms with van der Waals surface area (Å²) in [6.07, 6.45) is 1.63. The van der Waals surface area contributed by atoms with Crippen molar-refractivity contribution in [2.45, 2.75) is 30.8 Å². The topological polar surface area (TPSA) is 81.1 Å². The van der Waals surface area contributed by atoms with Gasteiger partial charge in [-0.05, 0) is 43.3 Å². The average molecular weight is 407 g/mol. The highest BCUT2D eigenvalue weighted by atomic mass is 32.2. The molecule has 2 aromatic carbocycles. The summed E-state index contributed by atoms with van der Waals surface area (Å²) in [5.74, 6) is -0.257. The summed E-state index contributed by atoms with van der Waals surface area (Å²) in [6.45, 7) is 7.24. The fraction of sp³-hybridized carbons (Fsp3) is 0.182. The van der Waals surface area contributed by atoms with E-state index in [1.807, 2.05) is 6.07 Å². The first-order valence-electron chi connectivity index (χ1n) is 9.09. The van der Waals surface area contributed by atoms with Crippen LogP contribution in [0.3, 0.4) is 0 Å². The van der Waals surface area contributed by atoms with Crippen LogP contribution in [-0.2, 0) is 11.3 Å². The van der Waals surface area contributed by atoms with Crippen molar-refractivity contribution in [2.75, 3.05) is 5.32 Å². The monoisotopic (exact) mass is 407 g/mol. The zero-order valence-corrected chi connectivity index (χ0v) is 17.0. The van der Waals surface area contributed by atoms with Gasteiger partial charge >= 0.3 is 0 Å². The molecule has 6 nitrogen and oxygen atoms in total. The van der Waals surface area contributed by atoms with Crippen LogP contribution in [0.1, 0.15) is 24.2 Å². The van der Waals surface area contributed by atoms with Crippen LogP contribution in [0.5, 0.6) is 0 Å². The molecule has 0 fully saturated rings. The van der Waals surface area contributed by atoms with Crippen molar-refractivity contribution in [3.05, 3.63) is 77.1 Å². The molecule has 148 valence electrons. The number of amides is 1. The Morgan fingerprint density at radius 2 is 1.90 bits per heavy atom. The van der Waals surface area contributed by atoms with Gasteiger partial charge in [-0.25, -0.2) is 4.98 Å². The Bertz CT molecular complexity index is 1140. The number of allylic oxidation sites excluding steroid dienone is 1. The third kappa shape index (κ3) is 4.63. The van der Waals surface area contributed by atoms with E-state index in [2.05, 4.69) is 16.9 Å². The lowest BCUT2D eigenvalue weighted by Crippen LogP contribution is -2.24. The van der Waals surface area contributed by atoms with E-state index in [0.717, 1.165) is 0 Å². The normalized spacial score (nSPS) is 11.8. The summed E-state index contributed by atoms with van der Waals surface area (Å²) in [6, 6.07) is 13.9. The number of carbonyl (C=O) groups is 2. The van der Waals surface area contributed by atoms with Gasteiger partial charge in [0.25, 0.3) is 5.56 Å². The minimum Gasteiger partial charge on any atom is -0.326 e. The summed E-state index contributed by atoms with van der Waals surface area (Å²) in [4.78, 5) is 41.4. The molecule has 3 aromatic rings. The zero-order chi connectivity index (χ0) is 21.0. The lowest BCUT2D eigenvalue weighted by atomic mass is 10.1. The Morgan fingerprint density at radius 3 is 2.55 bits per heavy atom. The number of carbonyl (C=O) groups excluding carboxylic acids is 2. The van der Waals surface area contributed by atoms with Crippen LogP contribution in [0, 0.1) is 0 Å². The molecule has 1 heterocycles. The van der Waals surface area contributed by atoms with Crippen LogP contribution in [0.2, 0.25) is 0 Å². The van der Waals surface area contributed by atoms with Crippen molar-refractivity contribution in [3.63, 3.8) is 0 Å². The quantitative estimate of drug-likeness (QED) is 0.278. The number of nitrogens with zero attached hydrogens (tertiary/aromatic N) is 2. The van der Waals surface area contributed by atoms with E-state index < -0.39 is 5.25 Å². The maximum absolute atomic E-state index is 12.9. The molecule has 0 radical (unpaired) electrons. The van der Waals surface area contributed by atoms with Gasteiger partial charge in [-0.2, -0.15) is 0 Å². The molecule has 0 aliphatic rings. The van der Waals surface area contributed by atoms with Gasteiger partial charge < -0.3 is 5.32 Å². The minimum absolute atomic E-state index is 0.0862. The van der Waals surface area contributed by atoms with Gasteiger partial charge in [0, 0.05) is 24.7 Å². The van der Waals surface area contributed by atoms with Gasteiger partial charge in [0.15, 0.2) is 10.9 Å². The van der Waals surface area contributed by atoms with E-state index in [-0.39, 0.29) is 17.2 Å². The van der Waals surface area contributed by atoms with Crippen LogP contribution >= 0.6 is 11.8 Å². The molecular weight excluding hydrogens is 386 g/mol. The molecule has 1 unspecified atom stereocenters. The van der Waals surface area contributed by atoms with Crippen LogP contribution in [0.25, 0.3) is 10.9 Å². The maximum atomic E-state index is 12.9. The number of fused-ring (bicyclic) bond motifs is 1. The second-order valence-corrected chi connectivity index (χ2v) is 7.81. The first kappa shape index (κ1) is 20.5. The zero-order valence-electron chi connectivity index (χ0n) is 16.2. The van der Waals surface area contributed by atoms with Gasteiger partial charge in [0.05, 0.1) is 16.2 Å². The molecule has 0 bridgehead atoms. The third-order valence-electron chi connectivity index (χ3n) is 4.28. The Balaban J connectivity index is 1.88.